The molecule has 0 radical (unpaired) electrons. The Bertz CT molecular complexity index is 182. The standard InChI is InChI=1S/C6H10N2O4/c1-4(9)7-2-5(10)8-3-6(11)12/h2-3H2,1H3,(H,7,9)(H,8,10)(H,11,12). The highest BCUT2D eigenvalue weighted by molar-refractivity contribution is 5.85. The Morgan fingerprint density at radius 3 is 2.17 bits per heavy atom. The fraction of sp³-hybridized carbons (Fsp3) is 0.500. The number of rotatable bonds is 4. The summed E-state index contributed by atoms with van der Waals surface area (Å²) < 4.78 is 0. The van der Waals surface area contributed by atoms with Crippen LogP contribution in [0.2, 0.25) is 0 Å². The maximum Gasteiger partial charge on any atom is 0.322 e. The third kappa shape index (κ3) is 6.53. The fourth-order valence-corrected chi connectivity index (χ4v) is 0.441. The zero-order valence-electron chi connectivity index (χ0n) is 6.59. The van der Waals surface area contributed by atoms with Gasteiger partial charge in [-0.15, -0.1) is 0 Å². The van der Waals surface area contributed by atoms with Crippen molar-refractivity contribution in [3.8, 4) is 0 Å². The zero-order chi connectivity index (χ0) is 9.56. The summed E-state index contributed by atoms with van der Waals surface area (Å²) in [5.74, 6) is -1.97. The molecule has 0 bridgehead atoms. The normalized spacial score (nSPS) is 8.75. The van der Waals surface area contributed by atoms with E-state index in [1.165, 1.54) is 6.92 Å². The third-order valence-corrected chi connectivity index (χ3v) is 0.935. The largest absolute Gasteiger partial charge is 0.480 e. The molecule has 6 nitrogen and oxygen atoms in total. The van der Waals surface area contributed by atoms with Gasteiger partial charge in [0, 0.05) is 6.92 Å². The number of nitrogens with one attached hydrogen (secondary N) is 2. The number of carboxylic acids is 1. The van der Waals surface area contributed by atoms with Crippen LogP contribution in [0.15, 0.2) is 0 Å². The summed E-state index contributed by atoms with van der Waals surface area (Å²) in [4.78, 5) is 30.9. The van der Waals surface area contributed by atoms with Crippen LogP contribution in [0.3, 0.4) is 0 Å². The third-order valence-electron chi connectivity index (χ3n) is 0.935. The van der Waals surface area contributed by atoms with E-state index in [4.69, 9.17) is 5.11 Å². The molecule has 0 aliphatic carbocycles. The number of carbonyl (C=O) groups is 3. The summed E-state index contributed by atoms with van der Waals surface area (Å²) in [6.07, 6.45) is 0. The average molecular weight is 174 g/mol. The van der Waals surface area contributed by atoms with Crippen molar-refractivity contribution in [2.75, 3.05) is 13.1 Å². The maximum atomic E-state index is 10.7. The lowest BCUT2D eigenvalue weighted by atomic mass is 10.5. The van der Waals surface area contributed by atoms with Gasteiger partial charge in [0.25, 0.3) is 0 Å². The second-order valence-electron chi connectivity index (χ2n) is 2.08. The summed E-state index contributed by atoms with van der Waals surface area (Å²) in [7, 11) is 0. The van der Waals surface area contributed by atoms with Crippen molar-refractivity contribution in [3.05, 3.63) is 0 Å². The van der Waals surface area contributed by atoms with Gasteiger partial charge in [0.05, 0.1) is 6.54 Å². The Kier molecular flexibility index (Phi) is 4.43. The summed E-state index contributed by atoms with van der Waals surface area (Å²) in [5, 5.41) is 12.4. The molecule has 3 N–H and O–H groups in total. The van der Waals surface area contributed by atoms with E-state index in [-0.39, 0.29) is 12.5 Å². The molecular weight excluding hydrogens is 164 g/mol. The van der Waals surface area contributed by atoms with Crippen LogP contribution in [0.4, 0.5) is 0 Å². The second kappa shape index (κ2) is 5.11. The highest BCUT2D eigenvalue weighted by Gasteiger charge is 2.03. The second-order valence-corrected chi connectivity index (χ2v) is 2.08. The van der Waals surface area contributed by atoms with Crippen LogP contribution in [0.5, 0.6) is 0 Å². The average Bonchev–Trinajstić information content (AvgIpc) is 1.96. The summed E-state index contributed by atoms with van der Waals surface area (Å²) >= 11 is 0. The van der Waals surface area contributed by atoms with Crippen LogP contribution in [0, 0.1) is 0 Å². The van der Waals surface area contributed by atoms with E-state index in [1.807, 2.05) is 0 Å². The Balaban J connectivity index is 3.47. The van der Waals surface area contributed by atoms with Crippen LogP contribution in [-0.4, -0.2) is 36.0 Å². The molecule has 2 amide bonds. The van der Waals surface area contributed by atoms with Gasteiger partial charge in [-0.1, -0.05) is 0 Å². The molecule has 0 aromatic carbocycles. The molecule has 0 saturated heterocycles. The van der Waals surface area contributed by atoms with Crippen LogP contribution < -0.4 is 10.6 Å². The minimum atomic E-state index is -1.12. The molecule has 0 unspecified atom stereocenters. The van der Waals surface area contributed by atoms with E-state index < -0.39 is 18.4 Å². The molecule has 0 rings (SSSR count). The molecule has 0 fully saturated rings. The molecule has 6 heteroatoms. The number of hydrogen-bond acceptors (Lipinski definition) is 3. The molecular formula is C6H10N2O4. The summed E-state index contributed by atoms with van der Waals surface area (Å²) in [5.41, 5.74) is 0. The molecule has 0 aromatic rings. The van der Waals surface area contributed by atoms with Crippen LogP contribution in [0.25, 0.3) is 0 Å². The van der Waals surface area contributed by atoms with Gasteiger partial charge in [0.15, 0.2) is 0 Å². The van der Waals surface area contributed by atoms with E-state index in [0.717, 1.165) is 0 Å². The minimum Gasteiger partial charge on any atom is -0.480 e. The van der Waals surface area contributed by atoms with Crippen molar-refractivity contribution in [1.29, 1.82) is 0 Å². The van der Waals surface area contributed by atoms with Gasteiger partial charge in [-0.25, -0.2) is 0 Å². The van der Waals surface area contributed by atoms with Gasteiger partial charge in [0.1, 0.15) is 6.54 Å². The highest BCUT2D eigenvalue weighted by Crippen LogP contribution is 1.66. The first kappa shape index (κ1) is 10.4. The SMILES string of the molecule is CC(=O)NCC(=O)NCC(=O)O. The zero-order valence-corrected chi connectivity index (χ0v) is 6.59. The fourth-order valence-electron chi connectivity index (χ4n) is 0.441. The predicted molar refractivity (Wildman–Crippen MR) is 39.3 cm³/mol. The monoisotopic (exact) mass is 174 g/mol. The molecule has 0 aliphatic heterocycles. The Labute approximate surface area is 68.9 Å². The quantitative estimate of drug-likeness (QED) is 0.474. The lowest BCUT2D eigenvalue weighted by Crippen LogP contribution is -2.38. The van der Waals surface area contributed by atoms with Crippen molar-refractivity contribution in [2.24, 2.45) is 0 Å². The van der Waals surface area contributed by atoms with Crippen molar-refractivity contribution in [1.82, 2.24) is 10.6 Å². The number of aliphatic carboxylic acids is 1. The van der Waals surface area contributed by atoms with E-state index in [0.29, 0.717) is 0 Å². The first-order valence-electron chi connectivity index (χ1n) is 3.25. The smallest absolute Gasteiger partial charge is 0.322 e. The van der Waals surface area contributed by atoms with Crippen LogP contribution in [-0.2, 0) is 14.4 Å². The van der Waals surface area contributed by atoms with Crippen LogP contribution in [0.1, 0.15) is 6.92 Å². The summed E-state index contributed by atoms with van der Waals surface area (Å²) in [6.45, 7) is 0.644. The molecule has 12 heavy (non-hydrogen) atoms. The Hall–Kier alpha value is -1.59. The van der Waals surface area contributed by atoms with E-state index in [9.17, 15) is 14.4 Å². The number of hydrogen-bond donors (Lipinski definition) is 3. The van der Waals surface area contributed by atoms with Gasteiger partial charge in [-0.05, 0) is 0 Å². The lowest BCUT2D eigenvalue weighted by molar-refractivity contribution is -0.137. The molecule has 0 aromatic heterocycles. The van der Waals surface area contributed by atoms with Crippen LogP contribution >= 0.6 is 0 Å². The van der Waals surface area contributed by atoms with E-state index in [2.05, 4.69) is 10.6 Å². The predicted octanol–water partition coefficient (Wildman–Crippen LogP) is -1.68. The molecule has 0 spiro atoms. The first-order valence-corrected chi connectivity index (χ1v) is 3.25. The van der Waals surface area contributed by atoms with Gasteiger partial charge in [-0.3, -0.25) is 14.4 Å². The van der Waals surface area contributed by atoms with Gasteiger partial charge in [0.2, 0.25) is 11.8 Å². The number of carboxylic acid groups (broad SMARTS) is 1. The van der Waals surface area contributed by atoms with Gasteiger partial charge < -0.3 is 15.7 Å². The number of carbonyl (C=O) groups excluding carboxylic acids is 2. The molecule has 0 atom stereocenters. The van der Waals surface area contributed by atoms with Crippen molar-refractivity contribution in [3.63, 3.8) is 0 Å². The Morgan fingerprint density at radius 1 is 1.17 bits per heavy atom. The van der Waals surface area contributed by atoms with Crippen molar-refractivity contribution < 1.29 is 19.5 Å². The molecule has 0 saturated carbocycles. The molecule has 0 heterocycles. The van der Waals surface area contributed by atoms with E-state index in [1.54, 1.807) is 0 Å². The first-order chi connectivity index (χ1) is 5.52. The number of amides is 2. The molecule has 0 aliphatic rings. The molecule has 68 valence electrons. The van der Waals surface area contributed by atoms with Gasteiger partial charge in [-0.2, -0.15) is 0 Å². The minimum absolute atomic E-state index is 0.192. The van der Waals surface area contributed by atoms with Gasteiger partial charge >= 0.3 is 5.97 Å². The highest BCUT2D eigenvalue weighted by atomic mass is 16.4. The topological polar surface area (TPSA) is 95.5 Å². The Morgan fingerprint density at radius 2 is 1.75 bits per heavy atom. The lowest BCUT2D eigenvalue weighted by Gasteiger charge is -2.01. The summed E-state index contributed by atoms with van der Waals surface area (Å²) in [6, 6.07) is 0. The maximum absolute atomic E-state index is 10.7. The van der Waals surface area contributed by atoms with Crippen molar-refractivity contribution >= 4 is 17.8 Å². The van der Waals surface area contributed by atoms with Crippen molar-refractivity contribution in [2.45, 2.75) is 6.92 Å². The van der Waals surface area contributed by atoms with E-state index >= 15 is 0 Å².